The molecule has 0 aromatic heterocycles. The van der Waals surface area contributed by atoms with Crippen molar-refractivity contribution >= 4 is 18.3 Å². The normalized spacial score (nSPS) is 20.3. The summed E-state index contributed by atoms with van der Waals surface area (Å²) in [4.78, 5) is 14.4. The lowest BCUT2D eigenvalue weighted by Gasteiger charge is -2.24. The zero-order chi connectivity index (χ0) is 14.4. The molecule has 1 N–H and O–H groups in total. The van der Waals surface area contributed by atoms with Crippen LogP contribution in [-0.4, -0.2) is 37.5 Å². The van der Waals surface area contributed by atoms with Crippen LogP contribution in [0, 0.1) is 5.92 Å². The number of halogens is 1. The minimum atomic E-state index is 0. The fourth-order valence-electron chi connectivity index (χ4n) is 3.08. The summed E-state index contributed by atoms with van der Waals surface area (Å²) in [6.45, 7) is 4.58. The molecular formula is C17H27ClN2O. The second-order valence-electron chi connectivity index (χ2n) is 5.82. The third kappa shape index (κ3) is 5.01. The van der Waals surface area contributed by atoms with Crippen LogP contribution in [0.2, 0.25) is 0 Å². The number of rotatable bonds is 4. The summed E-state index contributed by atoms with van der Waals surface area (Å²) in [5.41, 5.74) is 1.42. The van der Waals surface area contributed by atoms with Gasteiger partial charge in [-0.15, -0.1) is 12.4 Å². The van der Waals surface area contributed by atoms with Gasteiger partial charge in [0.05, 0.1) is 0 Å². The third-order valence-corrected chi connectivity index (χ3v) is 4.24. The van der Waals surface area contributed by atoms with E-state index in [9.17, 15) is 4.79 Å². The van der Waals surface area contributed by atoms with Crippen LogP contribution in [0.15, 0.2) is 30.3 Å². The largest absolute Gasteiger partial charge is 0.342 e. The van der Waals surface area contributed by atoms with Gasteiger partial charge in [0.25, 0.3) is 0 Å². The first-order valence-corrected chi connectivity index (χ1v) is 7.70. The van der Waals surface area contributed by atoms with E-state index in [0.717, 1.165) is 32.5 Å². The molecule has 4 heteroatoms. The van der Waals surface area contributed by atoms with E-state index in [0.29, 0.717) is 11.8 Å². The van der Waals surface area contributed by atoms with E-state index in [1.165, 1.54) is 12.0 Å². The highest BCUT2D eigenvalue weighted by molar-refractivity contribution is 5.85. The van der Waals surface area contributed by atoms with E-state index >= 15 is 0 Å². The van der Waals surface area contributed by atoms with Crippen molar-refractivity contribution in [3.63, 3.8) is 0 Å². The standard InChI is InChI=1S/C17H26N2O.ClH/c1-14(13-18-2)17(20)19-11-6-9-16(10-12-19)15-7-4-3-5-8-15;/h3-5,7-8,14,16,18H,6,9-13H2,1-2H3;1H. The maximum atomic E-state index is 12.4. The van der Waals surface area contributed by atoms with Crippen LogP contribution in [0.4, 0.5) is 0 Å². The van der Waals surface area contributed by atoms with Crippen LogP contribution < -0.4 is 5.32 Å². The Morgan fingerprint density at radius 1 is 1.29 bits per heavy atom. The summed E-state index contributed by atoms with van der Waals surface area (Å²) in [5, 5.41) is 3.09. The van der Waals surface area contributed by atoms with Gasteiger partial charge in [0.1, 0.15) is 0 Å². The molecular weight excluding hydrogens is 284 g/mol. The molecule has 1 aliphatic heterocycles. The summed E-state index contributed by atoms with van der Waals surface area (Å²) >= 11 is 0. The van der Waals surface area contributed by atoms with E-state index in [-0.39, 0.29) is 18.3 Å². The molecule has 3 nitrogen and oxygen atoms in total. The average molecular weight is 311 g/mol. The van der Waals surface area contributed by atoms with E-state index in [2.05, 4.69) is 40.5 Å². The van der Waals surface area contributed by atoms with Crippen LogP contribution in [0.3, 0.4) is 0 Å². The number of carbonyl (C=O) groups excluding carboxylic acids is 1. The molecule has 2 atom stereocenters. The molecule has 1 fully saturated rings. The number of nitrogens with zero attached hydrogens (tertiary/aromatic N) is 1. The summed E-state index contributed by atoms with van der Waals surface area (Å²) in [7, 11) is 1.90. The van der Waals surface area contributed by atoms with Gasteiger partial charge in [0, 0.05) is 25.6 Å². The number of hydrogen-bond acceptors (Lipinski definition) is 2. The molecule has 1 aromatic carbocycles. The lowest BCUT2D eigenvalue weighted by Crippen LogP contribution is -2.39. The molecule has 2 unspecified atom stereocenters. The monoisotopic (exact) mass is 310 g/mol. The summed E-state index contributed by atoms with van der Waals surface area (Å²) < 4.78 is 0. The fourth-order valence-corrected chi connectivity index (χ4v) is 3.08. The van der Waals surface area contributed by atoms with Crippen molar-refractivity contribution in [1.82, 2.24) is 10.2 Å². The molecule has 0 bridgehead atoms. The zero-order valence-corrected chi connectivity index (χ0v) is 13.9. The smallest absolute Gasteiger partial charge is 0.226 e. The minimum absolute atomic E-state index is 0. The Morgan fingerprint density at radius 2 is 2.00 bits per heavy atom. The van der Waals surface area contributed by atoms with Crippen LogP contribution in [0.25, 0.3) is 0 Å². The molecule has 0 aliphatic carbocycles. The molecule has 21 heavy (non-hydrogen) atoms. The maximum Gasteiger partial charge on any atom is 0.226 e. The van der Waals surface area contributed by atoms with Crippen LogP contribution in [0.5, 0.6) is 0 Å². The van der Waals surface area contributed by atoms with Gasteiger partial charge in [0.15, 0.2) is 0 Å². The maximum absolute atomic E-state index is 12.4. The molecule has 0 saturated carbocycles. The summed E-state index contributed by atoms with van der Waals surface area (Å²) in [6, 6.07) is 10.7. The lowest BCUT2D eigenvalue weighted by molar-refractivity contribution is -0.134. The first kappa shape index (κ1) is 18.0. The highest BCUT2D eigenvalue weighted by atomic mass is 35.5. The van der Waals surface area contributed by atoms with Gasteiger partial charge in [0.2, 0.25) is 5.91 Å². The Kier molecular flexibility index (Phi) is 7.76. The number of amides is 1. The second-order valence-corrected chi connectivity index (χ2v) is 5.82. The van der Waals surface area contributed by atoms with Gasteiger partial charge in [-0.25, -0.2) is 0 Å². The molecule has 1 saturated heterocycles. The predicted octanol–water partition coefficient (Wildman–Crippen LogP) is 3.06. The molecule has 2 rings (SSSR count). The molecule has 0 radical (unpaired) electrons. The van der Waals surface area contributed by atoms with E-state index in [1.807, 2.05) is 14.0 Å². The predicted molar refractivity (Wildman–Crippen MR) is 90.0 cm³/mol. The van der Waals surface area contributed by atoms with Crippen LogP contribution in [-0.2, 0) is 4.79 Å². The average Bonchev–Trinajstić information content (AvgIpc) is 2.73. The Bertz CT molecular complexity index is 424. The van der Waals surface area contributed by atoms with Gasteiger partial charge in [-0.1, -0.05) is 37.3 Å². The minimum Gasteiger partial charge on any atom is -0.342 e. The van der Waals surface area contributed by atoms with Crippen LogP contribution >= 0.6 is 12.4 Å². The highest BCUT2D eigenvalue weighted by Gasteiger charge is 2.24. The third-order valence-electron chi connectivity index (χ3n) is 4.24. The van der Waals surface area contributed by atoms with Crippen molar-refractivity contribution in [3.05, 3.63) is 35.9 Å². The Hall–Kier alpha value is -1.06. The van der Waals surface area contributed by atoms with Crippen molar-refractivity contribution in [1.29, 1.82) is 0 Å². The van der Waals surface area contributed by atoms with Gasteiger partial charge in [-0.05, 0) is 37.8 Å². The zero-order valence-electron chi connectivity index (χ0n) is 13.0. The Balaban J connectivity index is 0.00000220. The molecule has 1 heterocycles. The van der Waals surface area contributed by atoms with Crippen molar-refractivity contribution in [2.24, 2.45) is 5.92 Å². The first-order valence-electron chi connectivity index (χ1n) is 7.70. The molecule has 118 valence electrons. The number of carbonyl (C=O) groups is 1. The number of nitrogens with one attached hydrogen (secondary N) is 1. The Labute approximate surface area is 134 Å². The van der Waals surface area contributed by atoms with Crippen molar-refractivity contribution in [2.45, 2.75) is 32.1 Å². The van der Waals surface area contributed by atoms with Crippen molar-refractivity contribution < 1.29 is 4.79 Å². The van der Waals surface area contributed by atoms with Gasteiger partial charge in [-0.3, -0.25) is 4.79 Å². The summed E-state index contributed by atoms with van der Waals surface area (Å²) in [5.74, 6) is 0.981. The SMILES string of the molecule is CNCC(C)C(=O)N1CCCC(c2ccccc2)CC1.Cl. The number of likely N-dealkylation sites (tertiary alicyclic amines) is 1. The van der Waals surface area contributed by atoms with Gasteiger partial charge >= 0.3 is 0 Å². The van der Waals surface area contributed by atoms with E-state index in [1.54, 1.807) is 0 Å². The van der Waals surface area contributed by atoms with Gasteiger partial charge < -0.3 is 10.2 Å². The fraction of sp³-hybridized carbons (Fsp3) is 0.588. The Morgan fingerprint density at radius 3 is 2.67 bits per heavy atom. The number of benzene rings is 1. The van der Waals surface area contributed by atoms with Crippen molar-refractivity contribution in [3.8, 4) is 0 Å². The van der Waals surface area contributed by atoms with Crippen molar-refractivity contribution in [2.75, 3.05) is 26.7 Å². The van der Waals surface area contributed by atoms with E-state index < -0.39 is 0 Å². The quantitative estimate of drug-likeness (QED) is 0.927. The van der Waals surface area contributed by atoms with E-state index in [4.69, 9.17) is 0 Å². The topological polar surface area (TPSA) is 32.3 Å². The first-order chi connectivity index (χ1) is 9.72. The second kappa shape index (κ2) is 9.06. The van der Waals surface area contributed by atoms with Gasteiger partial charge in [-0.2, -0.15) is 0 Å². The molecule has 1 amide bonds. The lowest BCUT2D eigenvalue weighted by atomic mass is 9.92. The van der Waals surface area contributed by atoms with Crippen LogP contribution in [0.1, 0.15) is 37.7 Å². The molecule has 0 spiro atoms. The highest BCUT2D eigenvalue weighted by Crippen LogP contribution is 2.28. The molecule has 1 aromatic rings. The summed E-state index contributed by atoms with van der Waals surface area (Å²) in [6.07, 6.45) is 3.38. The number of hydrogen-bond donors (Lipinski definition) is 1. The molecule has 1 aliphatic rings.